The van der Waals surface area contributed by atoms with Gasteiger partial charge in [0.1, 0.15) is 0 Å². The third-order valence-electron chi connectivity index (χ3n) is 3.73. The van der Waals surface area contributed by atoms with Gasteiger partial charge in [0.05, 0.1) is 0 Å². The smallest absolute Gasteiger partial charge is 0.193 e. The van der Waals surface area contributed by atoms with Gasteiger partial charge in [-0.25, -0.2) is 0 Å². The van der Waals surface area contributed by atoms with Crippen molar-refractivity contribution >= 4 is 17.7 Å². The number of guanidine groups is 1. The average Bonchev–Trinajstić information content (AvgIpc) is 2.40. The van der Waals surface area contributed by atoms with Gasteiger partial charge in [-0.05, 0) is 26.0 Å². The maximum atomic E-state index is 4.44. The lowest BCUT2D eigenvalue weighted by molar-refractivity contribution is 0.164. The Balaban J connectivity index is 2.41. The summed E-state index contributed by atoms with van der Waals surface area (Å²) in [6.07, 6.45) is 2.16. The van der Waals surface area contributed by atoms with Gasteiger partial charge in [0.2, 0.25) is 0 Å². The van der Waals surface area contributed by atoms with Gasteiger partial charge in [-0.1, -0.05) is 13.8 Å². The van der Waals surface area contributed by atoms with Crippen molar-refractivity contribution in [3.05, 3.63) is 0 Å². The van der Waals surface area contributed by atoms with Crippen molar-refractivity contribution < 1.29 is 0 Å². The minimum absolute atomic E-state index is 0.245. The van der Waals surface area contributed by atoms with E-state index >= 15 is 0 Å². The number of rotatable bonds is 5. The summed E-state index contributed by atoms with van der Waals surface area (Å²) in [4.78, 5) is 9.38. The monoisotopic (exact) mass is 300 g/mol. The van der Waals surface area contributed by atoms with E-state index in [1.165, 1.54) is 6.54 Å². The van der Waals surface area contributed by atoms with Gasteiger partial charge in [0.15, 0.2) is 5.96 Å². The number of piperazine rings is 1. The van der Waals surface area contributed by atoms with Gasteiger partial charge in [-0.2, -0.15) is 11.8 Å². The molecule has 0 radical (unpaired) electrons. The number of aliphatic imine (C=N–C) groups is 1. The Kier molecular flexibility index (Phi) is 7.17. The molecule has 0 aromatic rings. The van der Waals surface area contributed by atoms with Gasteiger partial charge in [0.25, 0.3) is 0 Å². The average molecular weight is 301 g/mol. The predicted octanol–water partition coefficient (Wildman–Crippen LogP) is 1.98. The summed E-state index contributed by atoms with van der Waals surface area (Å²) < 4.78 is 0.245. The van der Waals surface area contributed by atoms with Crippen LogP contribution in [0, 0.1) is 5.92 Å². The second-order valence-electron chi connectivity index (χ2n) is 6.55. The van der Waals surface area contributed by atoms with Crippen LogP contribution < -0.4 is 5.32 Å². The first kappa shape index (κ1) is 17.6. The number of hydrogen-bond donors (Lipinski definition) is 1. The first-order chi connectivity index (χ1) is 9.38. The summed E-state index contributed by atoms with van der Waals surface area (Å²) in [6, 6.07) is 0. The fourth-order valence-corrected chi connectivity index (χ4v) is 2.57. The van der Waals surface area contributed by atoms with Crippen LogP contribution in [-0.4, -0.2) is 73.1 Å². The van der Waals surface area contributed by atoms with Crippen LogP contribution in [-0.2, 0) is 0 Å². The van der Waals surface area contributed by atoms with Gasteiger partial charge in [0, 0.05) is 51.1 Å². The van der Waals surface area contributed by atoms with E-state index in [1.807, 2.05) is 18.8 Å². The van der Waals surface area contributed by atoms with Crippen molar-refractivity contribution in [2.75, 3.05) is 52.6 Å². The lowest BCUT2D eigenvalue weighted by atomic mass is 10.2. The van der Waals surface area contributed by atoms with Gasteiger partial charge in [-0.15, -0.1) is 0 Å². The second-order valence-corrected chi connectivity index (χ2v) is 8.06. The van der Waals surface area contributed by atoms with Crippen LogP contribution in [0.5, 0.6) is 0 Å². The first-order valence-corrected chi connectivity index (χ1v) is 8.83. The van der Waals surface area contributed by atoms with E-state index in [0.717, 1.165) is 44.6 Å². The highest BCUT2D eigenvalue weighted by atomic mass is 32.2. The normalized spacial score (nSPS) is 18.8. The Morgan fingerprint density at radius 2 is 1.85 bits per heavy atom. The molecular weight excluding hydrogens is 268 g/mol. The van der Waals surface area contributed by atoms with E-state index in [2.05, 4.69) is 54.1 Å². The van der Waals surface area contributed by atoms with Gasteiger partial charge < -0.3 is 10.2 Å². The van der Waals surface area contributed by atoms with Crippen LogP contribution in [0.15, 0.2) is 4.99 Å². The largest absolute Gasteiger partial charge is 0.355 e. The van der Waals surface area contributed by atoms with E-state index in [4.69, 9.17) is 0 Å². The highest BCUT2D eigenvalue weighted by Crippen LogP contribution is 2.19. The van der Waals surface area contributed by atoms with Crippen LogP contribution in [0.4, 0.5) is 0 Å². The molecular formula is C15H32N4S. The molecule has 0 spiro atoms. The molecule has 0 unspecified atom stereocenters. The highest BCUT2D eigenvalue weighted by molar-refractivity contribution is 7.99. The molecule has 0 atom stereocenters. The van der Waals surface area contributed by atoms with Crippen molar-refractivity contribution in [3.63, 3.8) is 0 Å². The second kappa shape index (κ2) is 8.13. The number of hydrogen-bond acceptors (Lipinski definition) is 3. The van der Waals surface area contributed by atoms with Crippen LogP contribution in [0.2, 0.25) is 0 Å². The van der Waals surface area contributed by atoms with Crippen LogP contribution >= 0.6 is 11.8 Å². The molecule has 20 heavy (non-hydrogen) atoms. The zero-order valence-corrected chi connectivity index (χ0v) is 14.9. The van der Waals surface area contributed by atoms with E-state index < -0.39 is 0 Å². The zero-order valence-electron chi connectivity index (χ0n) is 14.1. The molecule has 1 saturated heterocycles. The third-order valence-corrected chi connectivity index (χ3v) is 4.98. The third kappa shape index (κ3) is 5.92. The molecule has 4 nitrogen and oxygen atoms in total. The van der Waals surface area contributed by atoms with Crippen LogP contribution in [0.3, 0.4) is 0 Å². The van der Waals surface area contributed by atoms with Crippen LogP contribution in [0.1, 0.15) is 27.7 Å². The Bertz CT molecular complexity index is 307. The van der Waals surface area contributed by atoms with Crippen molar-refractivity contribution in [1.82, 2.24) is 15.1 Å². The van der Waals surface area contributed by atoms with Crippen LogP contribution in [0.25, 0.3) is 0 Å². The van der Waals surface area contributed by atoms with Crippen molar-refractivity contribution in [2.24, 2.45) is 10.9 Å². The molecule has 0 aromatic carbocycles. The molecule has 118 valence electrons. The van der Waals surface area contributed by atoms with E-state index in [1.54, 1.807) is 0 Å². The SMILES string of the molecule is CN=C(NCC(C)(C)SC)N1CCN(CC(C)C)CC1. The molecule has 0 bridgehead atoms. The van der Waals surface area contributed by atoms with Gasteiger partial charge >= 0.3 is 0 Å². The minimum atomic E-state index is 0.245. The molecule has 1 fully saturated rings. The summed E-state index contributed by atoms with van der Waals surface area (Å²) in [5, 5.41) is 3.52. The quantitative estimate of drug-likeness (QED) is 0.621. The molecule has 0 aliphatic carbocycles. The molecule has 1 heterocycles. The van der Waals surface area contributed by atoms with Crippen molar-refractivity contribution in [1.29, 1.82) is 0 Å². The number of thioether (sulfide) groups is 1. The molecule has 0 saturated carbocycles. The maximum absolute atomic E-state index is 4.44. The molecule has 5 heteroatoms. The van der Waals surface area contributed by atoms with Gasteiger partial charge in [-0.3, -0.25) is 9.89 Å². The lowest BCUT2D eigenvalue weighted by Gasteiger charge is -2.38. The minimum Gasteiger partial charge on any atom is -0.355 e. The Hall–Kier alpha value is -0.420. The summed E-state index contributed by atoms with van der Waals surface area (Å²) in [5.74, 6) is 1.80. The number of nitrogens with zero attached hydrogens (tertiary/aromatic N) is 3. The number of nitrogens with one attached hydrogen (secondary N) is 1. The fraction of sp³-hybridized carbons (Fsp3) is 0.933. The van der Waals surface area contributed by atoms with Crippen molar-refractivity contribution in [3.8, 4) is 0 Å². The van der Waals surface area contributed by atoms with E-state index in [-0.39, 0.29) is 4.75 Å². The lowest BCUT2D eigenvalue weighted by Crippen LogP contribution is -2.54. The summed E-state index contributed by atoms with van der Waals surface area (Å²) >= 11 is 1.89. The molecule has 1 rings (SSSR count). The summed E-state index contributed by atoms with van der Waals surface area (Å²) in [5.41, 5.74) is 0. The standard InChI is InChI=1S/C15H32N4S/c1-13(2)11-18-7-9-19(10-8-18)14(16-5)17-12-15(3,4)20-6/h13H,7-12H2,1-6H3,(H,16,17). The highest BCUT2D eigenvalue weighted by Gasteiger charge is 2.22. The molecule has 1 N–H and O–H groups in total. The first-order valence-electron chi connectivity index (χ1n) is 7.61. The Labute approximate surface area is 129 Å². The Morgan fingerprint density at radius 3 is 2.30 bits per heavy atom. The summed E-state index contributed by atoms with van der Waals surface area (Å²) in [7, 11) is 1.88. The maximum Gasteiger partial charge on any atom is 0.193 e. The predicted molar refractivity (Wildman–Crippen MR) is 91.8 cm³/mol. The van der Waals surface area contributed by atoms with E-state index in [9.17, 15) is 0 Å². The molecule has 1 aliphatic rings. The Morgan fingerprint density at radius 1 is 1.25 bits per heavy atom. The molecule has 0 aromatic heterocycles. The molecule has 0 amide bonds. The summed E-state index contributed by atoms with van der Waals surface area (Å²) in [6.45, 7) is 15.7. The van der Waals surface area contributed by atoms with Crippen molar-refractivity contribution in [2.45, 2.75) is 32.4 Å². The van der Waals surface area contributed by atoms with E-state index in [0.29, 0.717) is 0 Å². The fourth-order valence-electron chi connectivity index (χ4n) is 2.36. The zero-order chi connectivity index (χ0) is 15.2. The molecule has 1 aliphatic heterocycles. The topological polar surface area (TPSA) is 30.9 Å².